The summed E-state index contributed by atoms with van der Waals surface area (Å²) in [4.78, 5) is 14.1. The number of nitrogens with one attached hydrogen (secondary N) is 1. The molecule has 0 atom stereocenters. The first-order valence-corrected chi connectivity index (χ1v) is 18.2. The van der Waals surface area contributed by atoms with E-state index in [9.17, 15) is 0 Å². The lowest BCUT2D eigenvalue weighted by molar-refractivity contribution is -0.359. The molecule has 1 aliphatic rings. The number of para-hydroxylation sites is 1. The molecule has 0 unspecified atom stereocenters. The number of benzene rings is 8. The van der Waals surface area contributed by atoms with E-state index in [1.54, 1.807) is 0 Å². The van der Waals surface area contributed by atoms with Crippen LogP contribution < -0.4 is 4.98 Å². The number of hydrogen-bond donors (Lipinski definition) is 0. The molecule has 1 N–H and O–H groups in total. The van der Waals surface area contributed by atoms with Crippen molar-refractivity contribution in [2.75, 3.05) is 0 Å². The van der Waals surface area contributed by atoms with Gasteiger partial charge in [0.25, 0.3) is 11.6 Å². The van der Waals surface area contributed by atoms with Gasteiger partial charge in [-0.3, -0.25) is 0 Å². The quantitative estimate of drug-likeness (QED) is 0.184. The zero-order valence-electron chi connectivity index (χ0n) is 28.8. The second-order valence-corrected chi connectivity index (χ2v) is 13.9. The Morgan fingerprint density at radius 1 is 0.370 bits per heavy atom. The minimum absolute atomic E-state index is 0.610. The van der Waals surface area contributed by atoms with Gasteiger partial charge in [0.1, 0.15) is 22.3 Å². The van der Waals surface area contributed by atoms with E-state index in [1.807, 2.05) is 60.7 Å². The molecule has 0 bridgehead atoms. The molecule has 11 aromatic rings. The summed E-state index contributed by atoms with van der Waals surface area (Å²) in [6, 6.07) is 57.1. The Balaban J connectivity index is 1.09. The van der Waals surface area contributed by atoms with Crippen molar-refractivity contribution < 1.29 is 13.8 Å². The maximum atomic E-state index is 6.55. The minimum atomic E-state index is 0.610. The zero-order chi connectivity index (χ0) is 35.3. The predicted molar refractivity (Wildman–Crippen MR) is 217 cm³/mol. The van der Waals surface area contributed by atoms with Gasteiger partial charge in [-0.25, -0.2) is 4.98 Å². The van der Waals surface area contributed by atoms with Gasteiger partial charge in [0, 0.05) is 21.5 Å². The number of H-pyrrole nitrogens is 1. The van der Waals surface area contributed by atoms with Gasteiger partial charge in [-0.15, -0.1) is 0 Å². The number of hydrogen-bond acceptors (Lipinski definition) is 4. The van der Waals surface area contributed by atoms with Crippen LogP contribution in [-0.4, -0.2) is 9.97 Å². The van der Waals surface area contributed by atoms with E-state index in [-0.39, 0.29) is 0 Å². The van der Waals surface area contributed by atoms with Crippen molar-refractivity contribution in [3.63, 3.8) is 0 Å². The van der Waals surface area contributed by atoms with Crippen molar-refractivity contribution in [2.45, 2.75) is 0 Å². The zero-order valence-corrected chi connectivity index (χ0v) is 28.8. The largest absolute Gasteiger partial charge is 0.456 e. The van der Waals surface area contributed by atoms with Crippen molar-refractivity contribution >= 4 is 54.6 Å². The first-order valence-electron chi connectivity index (χ1n) is 18.2. The van der Waals surface area contributed by atoms with Crippen molar-refractivity contribution in [3.05, 3.63) is 164 Å². The van der Waals surface area contributed by atoms with Crippen molar-refractivity contribution in [1.29, 1.82) is 0 Å². The number of rotatable bonds is 4. The highest BCUT2D eigenvalue weighted by molar-refractivity contribution is 6.19. The maximum absolute atomic E-state index is 6.55. The molecule has 1 aliphatic carbocycles. The molecular weight excluding hydrogens is 663 g/mol. The Hall–Kier alpha value is -7.37. The Kier molecular flexibility index (Phi) is 5.99. The highest BCUT2D eigenvalue weighted by Gasteiger charge is 2.27. The van der Waals surface area contributed by atoms with Crippen molar-refractivity contribution in [3.8, 4) is 67.5 Å². The summed E-state index contributed by atoms with van der Waals surface area (Å²) in [5.74, 6) is 2.03. The average Bonchev–Trinajstić information content (AvgIpc) is 3.91. The first kappa shape index (κ1) is 29.2. The SMILES string of the molecule is c1ccc(-c2nc(-c3cccc4oc5ccccc5c34)nc(-c3cccc4oc5ccc(-c6cccc7c6-c6cccc8cccc-7c68)cc5c34)[nH+]2)cc1. The summed E-state index contributed by atoms with van der Waals surface area (Å²) in [7, 11) is 0. The lowest BCUT2D eigenvalue weighted by Gasteiger charge is -2.11. The van der Waals surface area contributed by atoms with E-state index >= 15 is 0 Å². The normalized spacial score (nSPS) is 12.1. The second kappa shape index (κ2) is 11.1. The molecule has 0 radical (unpaired) electrons. The van der Waals surface area contributed by atoms with E-state index in [2.05, 4.69) is 108 Å². The van der Waals surface area contributed by atoms with Crippen molar-refractivity contribution in [2.24, 2.45) is 0 Å². The summed E-state index contributed by atoms with van der Waals surface area (Å²) in [6.07, 6.45) is 0. The lowest BCUT2D eigenvalue weighted by atomic mass is 9.92. The third-order valence-electron chi connectivity index (χ3n) is 11.0. The van der Waals surface area contributed by atoms with Crippen LogP contribution in [0.5, 0.6) is 0 Å². The fraction of sp³-hybridized carbons (Fsp3) is 0. The molecule has 0 saturated heterocycles. The Morgan fingerprint density at radius 2 is 0.981 bits per heavy atom. The second-order valence-electron chi connectivity index (χ2n) is 13.9. The van der Waals surface area contributed by atoms with E-state index < -0.39 is 0 Å². The standard InChI is InChI=1S/C49H27N3O2/c1-2-11-29(12-3-1)47-50-48(36-20-9-23-41-45(36)34-15-4-5-22-39(34)53-41)52-49(51-47)37-21-10-24-42-46(37)38-27-30(25-26-40(38)54-42)31-16-8-18-33-32-17-6-13-28-14-7-19-35(43(28)32)44(31)33/h1-27H/p+1. The fourth-order valence-corrected chi connectivity index (χ4v) is 8.62. The van der Waals surface area contributed by atoms with Crippen LogP contribution in [0.15, 0.2) is 173 Å². The molecule has 5 nitrogen and oxygen atoms in total. The number of nitrogens with zero attached hydrogens (tertiary/aromatic N) is 2. The number of fused-ring (bicyclic) bond motifs is 9. The molecule has 54 heavy (non-hydrogen) atoms. The molecule has 12 rings (SSSR count). The summed E-state index contributed by atoms with van der Waals surface area (Å²) in [5, 5.41) is 6.64. The number of aromatic nitrogens is 3. The molecule has 3 aromatic heterocycles. The van der Waals surface area contributed by atoms with Crippen LogP contribution in [0.3, 0.4) is 0 Å². The molecule has 0 amide bonds. The van der Waals surface area contributed by atoms with Crippen LogP contribution in [0.25, 0.3) is 122 Å². The van der Waals surface area contributed by atoms with Crippen LogP contribution in [0.4, 0.5) is 0 Å². The molecule has 3 heterocycles. The first-order chi connectivity index (χ1) is 26.8. The van der Waals surface area contributed by atoms with Crippen LogP contribution in [-0.2, 0) is 0 Å². The topological polar surface area (TPSA) is 66.2 Å². The third-order valence-corrected chi connectivity index (χ3v) is 11.0. The number of furan rings is 2. The summed E-state index contributed by atoms with van der Waals surface area (Å²) in [6.45, 7) is 0. The average molecular weight is 691 g/mol. The number of aromatic amines is 1. The molecule has 0 saturated carbocycles. The lowest BCUT2D eigenvalue weighted by Crippen LogP contribution is -2.17. The van der Waals surface area contributed by atoms with Crippen molar-refractivity contribution in [1.82, 2.24) is 9.97 Å². The monoisotopic (exact) mass is 690 g/mol. The summed E-state index contributed by atoms with van der Waals surface area (Å²) >= 11 is 0. The van der Waals surface area contributed by atoms with E-state index in [0.29, 0.717) is 11.6 Å². The van der Waals surface area contributed by atoms with Crippen LogP contribution in [0.1, 0.15) is 0 Å². The molecular formula is C49H28N3O2+. The van der Waals surface area contributed by atoms with Crippen LogP contribution in [0, 0.1) is 0 Å². The molecule has 5 heteroatoms. The fourth-order valence-electron chi connectivity index (χ4n) is 8.62. The summed E-state index contributed by atoms with van der Waals surface area (Å²) < 4.78 is 12.8. The maximum Gasteiger partial charge on any atom is 0.309 e. The van der Waals surface area contributed by atoms with Gasteiger partial charge in [0.2, 0.25) is 0 Å². The third kappa shape index (κ3) is 4.18. The van der Waals surface area contributed by atoms with Crippen LogP contribution in [0.2, 0.25) is 0 Å². The van der Waals surface area contributed by atoms with E-state index in [0.717, 1.165) is 72.0 Å². The van der Waals surface area contributed by atoms with Gasteiger partial charge in [-0.2, -0.15) is 0 Å². The Bertz CT molecular complexity index is 3330. The summed E-state index contributed by atoms with van der Waals surface area (Å²) in [5.41, 5.74) is 13.5. The Labute approximate surface area is 308 Å². The highest BCUT2D eigenvalue weighted by Crippen LogP contribution is 2.51. The van der Waals surface area contributed by atoms with Gasteiger partial charge >= 0.3 is 5.82 Å². The van der Waals surface area contributed by atoms with Gasteiger partial charge in [-0.1, -0.05) is 119 Å². The van der Waals surface area contributed by atoms with Gasteiger partial charge < -0.3 is 8.83 Å². The van der Waals surface area contributed by atoms with Gasteiger partial charge in [0.05, 0.1) is 16.7 Å². The Morgan fingerprint density at radius 3 is 1.83 bits per heavy atom. The van der Waals surface area contributed by atoms with Crippen LogP contribution >= 0.6 is 0 Å². The highest BCUT2D eigenvalue weighted by atomic mass is 16.3. The van der Waals surface area contributed by atoms with Gasteiger partial charge in [-0.05, 0) is 98.8 Å². The molecule has 8 aromatic carbocycles. The smallest absolute Gasteiger partial charge is 0.309 e. The molecule has 0 spiro atoms. The van der Waals surface area contributed by atoms with E-state index in [1.165, 1.54) is 38.6 Å². The van der Waals surface area contributed by atoms with E-state index in [4.69, 9.17) is 18.8 Å². The molecule has 0 aliphatic heterocycles. The molecule has 250 valence electrons. The molecule has 0 fully saturated rings. The van der Waals surface area contributed by atoms with Gasteiger partial charge in [0.15, 0.2) is 0 Å². The minimum Gasteiger partial charge on any atom is -0.456 e. The predicted octanol–water partition coefficient (Wildman–Crippen LogP) is 12.6.